The lowest BCUT2D eigenvalue weighted by atomic mass is 9.85. The quantitative estimate of drug-likeness (QED) is 0.828. The molecule has 1 unspecified atom stereocenters. The van der Waals surface area contributed by atoms with Gasteiger partial charge in [0, 0.05) is 0 Å². The van der Waals surface area contributed by atoms with Gasteiger partial charge in [0.15, 0.2) is 0 Å². The molecule has 1 N–H and O–H groups in total. The molecule has 0 aromatic heterocycles. The summed E-state index contributed by atoms with van der Waals surface area (Å²) in [7, 11) is 0. The van der Waals surface area contributed by atoms with Gasteiger partial charge in [-0.3, -0.25) is 0 Å². The van der Waals surface area contributed by atoms with E-state index >= 15 is 0 Å². The molecule has 1 atom stereocenters. The zero-order chi connectivity index (χ0) is 11.6. The number of benzene rings is 1. The number of rotatable bonds is 3. The van der Waals surface area contributed by atoms with Crippen LogP contribution in [0.25, 0.3) is 0 Å². The van der Waals surface area contributed by atoms with Crippen molar-refractivity contribution in [3.63, 3.8) is 0 Å². The van der Waals surface area contributed by atoms with Crippen molar-refractivity contribution in [2.24, 2.45) is 5.92 Å². The molecule has 0 saturated heterocycles. The molecule has 1 aromatic carbocycles. The highest BCUT2D eigenvalue weighted by atomic mass is 19.1. The number of hydrogen-bond acceptors (Lipinski definition) is 1. The highest BCUT2D eigenvalue weighted by molar-refractivity contribution is 5.22. The Balaban J connectivity index is 2.10. The first kappa shape index (κ1) is 11.6. The fourth-order valence-electron chi connectivity index (χ4n) is 2.72. The maximum Gasteiger partial charge on any atom is 0.123 e. The van der Waals surface area contributed by atoms with E-state index in [1.807, 2.05) is 0 Å². The summed E-state index contributed by atoms with van der Waals surface area (Å²) in [4.78, 5) is 0. The Bertz CT molecular complexity index is 354. The molecule has 1 aliphatic carbocycles. The second-order valence-corrected chi connectivity index (χ2v) is 5.14. The molecule has 88 valence electrons. The first-order chi connectivity index (χ1) is 7.58. The van der Waals surface area contributed by atoms with Gasteiger partial charge < -0.3 is 5.11 Å². The Morgan fingerprint density at radius 2 is 2.06 bits per heavy atom. The average Bonchev–Trinajstić information content (AvgIpc) is 2.70. The highest BCUT2D eigenvalue weighted by Gasteiger charge is 2.29. The minimum atomic E-state index is -0.892. The van der Waals surface area contributed by atoms with Crippen molar-refractivity contribution in [3.05, 3.63) is 35.6 Å². The molecule has 1 saturated carbocycles. The second-order valence-electron chi connectivity index (χ2n) is 5.14. The minimum Gasteiger partial charge on any atom is -0.385 e. The Labute approximate surface area is 96.3 Å². The van der Waals surface area contributed by atoms with E-state index in [4.69, 9.17) is 0 Å². The predicted molar refractivity (Wildman–Crippen MR) is 62.5 cm³/mol. The van der Waals surface area contributed by atoms with E-state index in [-0.39, 0.29) is 5.82 Å². The van der Waals surface area contributed by atoms with Crippen LogP contribution < -0.4 is 0 Å². The Morgan fingerprint density at radius 1 is 1.38 bits per heavy atom. The van der Waals surface area contributed by atoms with Gasteiger partial charge in [0.25, 0.3) is 0 Å². The maximum atomic E-state index is 13.1. The van der Waals surface area contributed by atoms with E-state index in [1.54, 1.807) is 19.1 Å². The van der Waals surface area contributed by atoms with E-state index in [2.05, 4.69) is 0 Å². The van der Waals surface area contributed by atoms with Gasteiger partial charge in [0.05, 0.1) is 5.60 Å². The normalized spacial score (nSPS) is 20.9. The van der Waals surface area contributed by atoms with Crippen LogP contribution in [0.3, 0.4) is 0 Å². The summed E-state index contributed by atoms with van der Waals surface area (Å²) in [5.41, 5.74) is -0.198. The van der Waals surface area contributed by atoms with E-state index in [0.717, 1.165) is 6.42 Å². The molecule has 1 fully saturated rings. The van der Waals surface area contributed by atoms with Gasteiger partial charge in [-0.2, -0.15) is 0 Å². The van der Waals surface area contributed by atoms with Crippen molar-refractivity contribution in [1.82, 2.24) is 0 Å². The molecule has 2 heteroatoms. The van der Waals surface area contributed by atoms with Gasteiger partial charge in [0.2, 0.25) is 0 Å². The van der Waals surface area contributed by atoms with Crippen LogP contribution in [0.4, 0.5) is 4.39 Å². The molecule has 1 nitrogen and oxygen atoms in total. The second kappa shape index (κ2) is 4.54. The van der Waals surface area contributed by atoms with Crippen LogP contribution in [0.1, 0.15) is 44.6 Å². The topological polar surface area (TPSA) is 20.2 Å². The number of halogens is 1. The standard InChI is InChI=1S/C14H19FO/c1-14(16,10-11-5-2-3-6-11)12-7-4-8-13(15)9-12/h4,7-9,11,16H,2-3,5-6,10H2,1H3. The third-order valence-corrected chi connectivity index (χ3v) is 3.61. The largest absolute Gasteiger partial charge is 0.385 e. The predicted octanol–water partition coefficient (Wildman–Crippen LogP) is 3.61. The molecule has 2 rings (SSSR count). The van der Waals surface area contributed by atoms with E-state index in [9.17, 15) is 9.50 Å². The molecule has 0 bridgehead atoms. The molecular formula is C14H19FO. The third kappa shape index (κ3) is 2.62. The lowest BCUT2D eigenvalue weighted by Crippen LogP contribution is -2.24. The molecule has 0 amide bonds. The van der Waals surface area contributed by atoms with Crippen molar-refractivity contribution in [1.29, 1.82) is 0 Å². The van der Waals surface area contributed by atoms with Crippen molar-refractivity contribution in [3.8, 4) is 0 Å². The SMILES string of the molecule is CC(O)(CC1CCCC1)c1cccc(F)c1. The van der Waals surface area contributed by atoms with Gasteiger partial charge in [-0.25, -0.2) is 4.39 Å². The van der Waals surface area contributed by atoms with E-state index in [0.29, 0.717) is 11.5 Å². The molecular weight excluding hydrogens is 203 g/mol. The van der Waals surface area contributed by atoms with Crippen LogP contribution in [0.15, 0.2) is 24.3 Å². The number of aliphatic hydroxyl groups is 1. The summed E-state index contributed by atoms with van der Waals surface area (Å²) in [6.45, 7) is 1.79. The van der Waals surface area contributed by atoms with Gasteiger partial charge in [-0.15, -0.1) is 0 Å². The smallest absolute Gasteiger partial charge is 0.123 e. The van der Waals surface area contributed by atoms with Gasteiger partial charge in [0.1, 0.15) is 5.82 Å². The number of hydrogen-bond donors (Lipinski definition) is 1. The van der Waals surface area contributed by atoms with Crippen LogP contribution in [-0.4, -0.2) is 5.11 Å². The first-order valence-corrected chi connectivity index (χ1v) is 6.06. The molecule has 0 heterocycles. The molecule has 0 spiro atoms. The summed E-state index contributed by atoms with van der Waals surface area (Å²) in [5, 5.41) is 10.4. The fourth-order valence-corrected chi connectivity index (χ4v) is 2.72. The molecule has 0 aliphatic heterocycles. The zero-order valence-electron chi connectivity index (χ0n) is 9.75. The lowest BCUT2D eigenvalue weighted by Gasteiger charge is -2.27. The fraction of sp³-hybridized carbons (Fsp3) is 0.571. The molecule has 0 radical (unpaired) electrons. The van der Waals surface area contributed by atoms with E-state index in [1.165, 1.54) is 37.8 Å². The van der Waals surface area contributed by atoms with Crippen molar-refractivity contribution in [2.75, 3.05) is 0 Å². The van der Waals surface area contributed by atoms with Crippen molar-refractivity contribution < 1.29 is 9.50 Å². The molecule has 16 heavy (non-hydrogen) atoms. The summed E-state index contributed by atoms with van der Waals surface area (Å²) in [5.74, 6) is 0.322. The van der Waals surface area contributed by atoms with Gasteiger partial charge in [-0.1, -0.05) is 37.8 Å². The third-order valence-electron chi connectivity index (χ3n) is 3.61. The Hall–Kier alpha value is -0.890. The van der Waals surface area contributed by atoms with E-state index < -0.39 is 5.60 Å². The van der Waals surface area contributed by atoms with Crippen molar-refractivity contribution in [2.45, 2.75) is 44.6 Å². The summed E-state index contributed by atoms with van der Waals surface area (Å²) < 4.78 is 13.1. The van der Waals surface area contributed by atoms with Crippen LogP contribution in [-0.2, 0) is 5.60 Å². The first-order valence-electron chi connectivity index (χ1n) is 6.06. The highest BCUT2D eigenvalue weighted by Crippen LogP contribution is 2.36. The molecule has 1 aromatic rings. The minimum absolute atomic E-state index is 0.274. The monoisotopic (exact) mass is 222 g/mol. The summed E-state index contributed by atoms with van der Waals surface area (Å²) >= 11 is 0. The maximum absolute atomic E-state index is 13.1. The lowest BCUT2D eigenvalue weighted by molar-refractivity contribution is 0.0305. The van der Waals surface area contributed by atoms with Crippen LogP contribution in [0.5, 0.6) is 0 Å². The Morgan fingerprint density at radius 3 is 2.69 bits per heavy atom. The van der Waals surface area contributed by atoms with Crippen LogP contribution >= 0.6 is 0 Å². The van der Waals surface area contributed by atoms with Crippen molar-refractivity contribution >= 4 is 0 Å². The van der Waals surface area contributed by atoms with Gasteiger partial charge >= 0.3 is 0 Å². The summed E-state index contributed by atoms with van der Waals surface area (Å²) in [6.07, 6.45) is 5.68. The zero-order valence-corrected chi connectivity index (χ0v) is 9.75. The van der Waals surface area contributed by atoms with Gasteiger partial charge in [-0.05, 0) is 37.0 Å². The Kier molecular flexibility index (Phi) is 3.29. The summed E-state index contributed by atoms with van der Waals surface area (Å²) in [6, 6.07) is 6.32. The van der Waals surface area contributed by atoms with Crippen LogP contribution in [0, 0.1) is 11.7 Å². The molecule has 1 aliphatic rings. The average molecular weight is 222 g/mol. The van der Waals surface area contributed by atoms with Crippen LogP contribution in [0.2, 0.25) is 0 Å².